The van der Waals surface area contributed by atoms with Crippen molar-refractivity contribution < 1.29 is 18.9 Å². The third-order valence-corrected chi connectivity index (χ3v) is 10.6. The molecular formula is C44H54N2O5S. The van der Waals surface area contributed by atoms with Crippen molar-refractivity contribution in [2.24, 2.45) is 0 Å². The smallest absolute Gasteiger partial charge is 0.305 e. The second-order valence-electron chi connectivity index (χ2n) is 13.8. The SMILES string of the molecule is O=c1[nH]c2c(OCc3ccccc3)ccc([C@H](CN(CCCCCCOCCCCc3ccccc3)Cc3ccccc3)OC3CCCCO3)c2s1. The first-order chi connectivity index (χ1) is 25.7. The van der Waals surface area contributed by atoms with Crippen LogP contribution in [0.3, 0.4) is 0 Å². The Balaban J connectivity index is 1.07. The van der Waals surface area contributed by atoms with E-state index in [4.69, 9.17) is 18.9 Å². The van der Waals surface area contributed by atoms with Crippen LogP contribution in [0.2, 0.25) is 0 Å². The predicted molar refractivity (Wildman–Crippen MR) is 211 cm³/mol. The lowest BCUT2D eigenvalue weighted by Crippen LogP contribution is -2.33. The van der Waals surface area contributed by atoms with Crippen molar-refractivity contribution in [1.29, 1.82) is 0 Å². The van der Waals surface area contributed by atoms with Crippen molar-refractivity contribution in [1.82, 2.24) is 9.88 Å². The molecule has 0 bridgehead atoms. The van der Waals surface area contributed by atoms with Gasteiger partial charge in [-0.25, -0.2) is 0 Å². The molecule has 5 aromatic rings. The lowest BCUT2D eigenvalue weighted by molar-refractivity contribution is -0.193. The van der Waals surface area contributed by atoms with Gasteiger partial charge >= 0.3 is 4.87 Å². The summed E-state index contributed by atoms with van der Waals surface area (Å²) in [5.74, 6) is 0.672. The van der Waals surface area contributed by atoms with Gasteiger partial charge in [-0.1, -0.05) is 121 Å². The molecule has 7 nitrogen and oxygen atoms in total. The molecule has 1 unspecified atom stereocenters. The van der Waals surface area contributed by atoms with Crippen molar-refractivity contribution in [3.05, 3.63) is 135 Å². The summed E-state index contributed by atoms with van der Waals surface area (Å²) >= 11 is 1.23. The zero-order chi connectivity index (χ0) is 35.6. The number of H-pyrrole nitrogens is 1. The fourth-order valence-electron chi connectivity index (χ4n) is 6.84. The number of thiazole rings is 1. The Hall–Kier alpha value is -3.79. The first kappa shape index (κ1) is 38.0. The molecule has 1 aliphatic heterocycles. The average molecular weight is 723 g/mol. The van der Waals surface area contributed by atoms with Crippen LogP contribution in [0, 0.1) is 0 Å². The van der Waals surface area contributed by atoms with Gasteiger partial charge in [0.05, 0.1) is 10.8 Å². The molecule has 1 saturated heterocycles. The number of aryl methyl sites for hydroxylation is 1. The zero-order valence-corrected chi connectivity index (χ0v) is 31.2. The van der Waals surface area contributed by atoms with Gasteiger partial charge in [0.1, 0.15) is 17.9 Å². The largest absolute Gasteiger partial charge is 0.487 e. The number of hydrogen-bond acceptors (Lipinski definition) is 7. The first-order valence-electron chi connectivity index (χ1n) is 19.2. The Morgan fingerprint density at radius 3 is 2.19 bits per heavy atom. The van der Waals surface area contributed by atoms with Crippen LogP contribution in [-0.2, 0) is 33.8 Å². The molecule has 276 valence electrons. The van der Waals surface area contributed by atoms with Gasteiger partial charge in [-0.05, 0) is 80.7 Å². The second-order valence-corrected chi connectivity index (χ2v) is 14.7. The van der Waals surface area contributed by atoms with E-state index in [0.717, 1.165) is 105 Å². The number of aromatic nitrogens is 1. The van der Waals surface area contributed by atoms with Gasteiger partial charge in [0.2, 0.25) is 0 Å². The van der Waals surface area contributed by atoms with Crippen LogP contribution >= 0.6 is 11.3 Å². The highest BCUT2D eigenvalue weighted by Crippen LogP contribution is 2.36. The standard InChI is InChI=1S/C44H54N2O5S/c47-44-45-42-39(50-34-37-23-10-5-11-24-37)27-26-38(43(42)52-44)40(51-41-25-13-17-31-49-41)33-46(32-36-21-8-4-9-22-36)28-14-1-2-15-29-48-30-16-12-20-35-18-6-3-7-19-35/h3-11,18-19,21-24,26-27,40-41H,1-2,12-17,20,25,28-34H2,(H,45,47)/t40-,41?/m0/s1. The molecule has 0 saturated carbocycles. The van der Waals surface area contributed by atoms with E-state index in [1.54, 1.807) is 0 Å². The van der Waals surface area contributed by atoms with E-state index in [9.17, 15) is 4.79 Å². The summed E-state index contributed by atoms with van der Waals surface area (Å²) < 4.78 is 26.0. The number of nitrogens with one attached hydrogen (secondary N) is 1. The number of ether oxygens (including phenoxy) is 4. The summed E-state index contributed by atoms with van der Waals surface area (Å²) in [5.41, 5.74) is 5.48. The van der Waals surface area contributed by atoms with Gasteiger partial charge in [-0.3, -0.25) is 9.69 Å². The molecule has 52 heavy (non-hydrogen) atoms. The van der Waals surface area contributed by atoms with Gasteiger partial charge < -0.3 is 23.9 Å². The number of hydrogen-bond donors (Lipinski definition) is 1. The Kier molecular flexibility index (Phi) is 15.4. The summed E-state index contributed by atoms with van der Waals surface area (Å²) in [4.78, 5) is 18.3. The molecule has 2 atom stereocenters. The van der Waals surface area contributed by atoms with Crippen LogP contribution in [0.15, 0.2) is 108 Å². The van der Waals surface area contributed by atoms with Crippen LogP contribution in [0.25, 0.3) is 10.2 Å². The van der Waals surface area contributed by atoms with Crippen LogP contribution in [0.4, 0.5) is 0 Å². The minimum Gasteiger partial charge on any atom is -0.487 e. The monoisotopic (exact) mass is 722 g/mol. The van der Waals surface area contributed by atoms with Crippen molar-refractivity contribution >= 4 is 21.6 Å². The molecule has 1 aromatic heterocycles. The highest BCUT2D eigenvalue weighted by atomic mass is 32.1. The molecule has 1 N–H and O–H groups in total. The third kappa shape index (κ3) is 12.1. The Morgan fingerprint density at radius 2 is 1.46 bits per heavy atom. The van der Waals surface area contributed by atoms with E-state index >= 15 is 0 Å². The van der Waals surface area contributed by atoms with Gasteiger partial charge in [-0.2, -0.15) is 0 Å². The van der Waals surface area contributed by atoms with Gasteiger partial charge in [0, 0.05) is 38.5 Å². The number of rotatable bonds is 22. The second kappa shape index (κ2) is 21.0. The lowest BCUT2D eigenvalue weighted by atomic mass is 10.1. The van der Waals surface area contributed by atoms with Crippen molar-refractivity contribution in [3.63, 3.8) is 0 Å². The quantitative estimate of drug-likeness (QED) is 0.0718. The molecule has 0 amide bonds. The normalized spacial score (nSPS) is 15.3. The van der Waals surface area contributed by atoms with E-state index in [1.807, 2.05) is 36.4 Å². The van der Waals surface area contributed by atoms with Gasteiger partial charge in [0.15, 0.2) is 6.29 Å². The molecule has 4 aromatic carbocycles. The molecule has 2 heterocycles. The average Bonchev–Trinajstić information content (AvgIpc) is 3.59. The van der Waals surface area contributed by atoms with E-state index < -0.39 is 0 Å². The molecule has 1 fully saturated rings. The maximum atomic E-state index is 12.8. The Labute approximate surface area is 312 Å². The number of unbranched alkanes of at least 4 members (excludes halogenated alkanes) is 4. The summed E-state index contributed by atoms with van der Waals surface area (Å²) in [6.45, 7) is 5.27. The number of aromatic amines is 1. The van der Waals surface area contributed by atoms with Crippen molar-refractivity contribution in [2.45, 2.75) is 89.8 Å². The van der Waals surface area contributed by atoms with E-state index in [1.165, 1.54) is 28.9 Å². The van der Waals surface area contributed by atoms with Gasteiger partial charge in [0.25, 0.3) is 0 Å². The van der Waals surface area contributed by atoms with Crippen molar-refractivity contribution in [2.75, 3.05) is 32.9 Å². The van der Waals surface area contributed by atoms with E-state index in [0.29, 0.717) is 25.5 Å². The fraction of sp³-hybridized carbons (Fsp3) is 0.432. The number of fused-ring (bicyclic) bond motifs is 1. The number of nitrogens with zero attached hydrogens (tertiary/aromatic N) is 1. The summed E-state index contributed by atoms with van der Waals surface area (Å²) in [6.07, 6.45) is 10.3. The molecule has 8 heteroatoms. The lowest BCUT2D eigenvalue weighted by Gasteiger charge is -2.32. The Bertz CT molecular complexity index is 1770. The molecule has 6 rings (SSSR count). The van der Waals surface area contributed by atoms with Crippen LogP contribution in [0.5, 0.6) is 5.75 Å². The molecular weight excluding hydrogens is 669 g/mol. The summed E-state index contributed by atoms with van der Waals surface area (Å²) in [7, 11) is 0. The maximum Gasteiger partial charge on any atom is 0.305 e. The van der Waals surface area contributed by atoms with E-state index in [2.05, 4.69) is 76.6 Å². The zero-order valence-electron chi connectivity index (χ0n) is 30.4. The molecule has 0 radical (unpaired) electrons. The van der Waals surface area contributed by atoms with Crippen LogP contribution < -0.4 is 9.61 Å². The topological polar surface area (TPSA) is 73.0 Å². The predicted octanol–water partition coefficient (Wildman–Crippen LogP) is 9.85. The third-order valence-electron chi connectivity index (χ3n) is 9.64. The van der Waals surface area contributed by atoms with Crippen molar-refractivity contribution in [3.8, 4) is 5.75 Å². The highest BCUT2D eigenvalue weighted by Gasteiger charge is 2.27. The Morgan fingerprint density at radius 1 is 0.769 bits per heavy atom. The maximum absolute atomic E-state index is 12.8. The minimum atomic E-state index is -0.278. The van der Waals surface area contributed by atoms with Gasteiger partial charge in [-0.15, -0.1) is 0 Å². The fourth-order valence-corrected chi connectivity index (χ4v) is 7.75. The minimum absolute atomic E-state index is 0.100. The molecule has 1 aliphatic rings. The van der Waals surface area contributed by atoms with Crippen LogP contribution in [-0.4, -0.2) is 49.1 Å². The molecule has 0 aliphatic carbocycles. The first-order valence-corrected chi connectivity index (χ1v) is 20.0. The van der Waals surface area contributed by atoms with Crippen LogP contribution in [0.1, 0.15) is 86.1 Å². The molecule has 0 spiro atoms. The summed E-state index contributed by atoms with van der Waals surface area (Å²) in [6, 6.07) is 35.5. The number of benzene rings is 4. The summed E-state index contributed by atoms with van der Waals surface area (Å²) in [5, 5.41) is 0. The highest BCUT2D eigenvalue weighted by molar-refractivity contribution is 7.16. The van der Waals surface area contributed by atoms with E-state index in [-0.39, 0.29) is 17.3 Å².